The average molecular weight is 436 g/mol. The topological polar surface area (TPSA) is 150 Å². The first-order chi connectivity index (χ1) is 14.5. The first-order valence-corrected chi connectivity index (χ1v) is 10.3. The lowest BCUT2D eigenvalue weighted by Crippen LogP contribution is -2.58. The minimum absolute atomic E-state index is 0.0583. The SMILES string of the molecule is Cc1cc(=O)c2c(O)c3c(cc2o1)OC(C)(C)[C@@H](O[C@@H]1C[C@H](CO)[C@@H](O)[C@H](O)[C@H]1O)C3. The summed E-state index contributed by atoms with van der Waals surface area (Å²) >= 11 is 0. The summed E-state index contributed by atoms with van der Waals surface area (Å²) in [4.78, 5) is 12.4. The van der Waals surface area contributed by atoms with Crippen molar-refractivity contribution in [3.63, 3.8) is 0 Å². The van der Waals surface area contributed by atoms with Gasteiger partial charge in [-0.2, -0.15) is 0 Å². The number of benzene rings is 1. The predicted molar refractivity (Wildman–Crippen MR) is 109 cm³/mol. The highest BCUT2D eigenvalue weighted by atomic mass is 16.6. The number of phenolic OH excluding ortho intramolecular Hbond substituents is 1. The highest BCUT2D eigenvalue weighted by Crippen LogP contribution is 2.43. The number of aryl methyl sites for hydroxylation is 1. The molecule has 9 heteroatoms. The summed E-state index contributed by atoms with van der Waals surface area (Å²) in [6.45, 7) is 4.86. The van der Waals surface area contributed by atoms with Gasteiger partial charge in [0.15, 0.2) is 5.43 Å². The van der Waals surface area contributed by atoms with E-state index in [-0.39, 0.29) is 41.6 Å². The number of fused-ring (bicyclic) bond motifs is 2. The van der Waals surface area contributed by atoms with E-state index in [4.69, 9.17) is 13.9 Å². The Morgan fingerprint density at radius 1 is 1.16 bits per heavy atom. The van der Waals surface area contributed by atoms with E-state index in [0.717, 1.165) is 0 Å². The molecule has 1 aromatic carbocycles. The van der Waals surface area contributed by atoms with E-state index in [1.165, 1.54) is 6.07 Å². The molecule has 1 fully saturated rings. The van der Waals surface area contributed by atoms with Gasteiger partial charge >= 0.3 is 0 Å². The van der Waals surface area contributed by atoms with E-state index in [2.05, 4.69) is 0 Å². The van der Waals surface area contributed by atoms with E-state index in [0.29, 0.717) is 17.1 Å². The number of aliphatic hydroxyl groups excluding tert-OH is 4. The first-order valence-electron chi connectivity index (χ1n) is 10.3. The Kier molecular flexibility index (Phi) is 5.51. The lowest BCUT2D eigenvalue weighted by molar-refractivity contribution is -0.209. The van der Waals surface area contributed by atoms with Crippen LogP contribution < -0.4 is 10.2 Å². The fourth-order valence-corrected chi connectivity index (χ4v) is 4.53. The minimum Gasteiger partial charge on any atom is -0.507 e. The Bertz CT molecular complexity index is 1040. The molecule has 9 nitrogen and oxygen atoms in total. The number of phenols is 1. The third-order valence-corrected chi connectivity index (χ3v) is 6.39. The molecule has 0 amide bonds. The highest BCUT2D eigenvalue weighted by Gasteiger charge is 2.47. The fourth-order valence-electron chi connectivity index (χ4n) is 4.53. The van der Waals surface area contributed by atoms with Gasteiger partial charge in [-0.25, -0.2) is 0 Å². The van der Waals surface area contributed by atoms with Gasteiger partial charge in [0.25, 0.3) is 0 Å². The van der Waals surface area contributed by atoms with Crippen molar-refractivity contribution in [1.29, 1.82) is 0 Å². The van der Waals surface area contributed by atoms with Gasteiger partial charge < -0.3 is 39.4 Å². The van der Waals surface area contributed by atoms with Gasteiger partial charge in [0, 0.05) is 36.6 Å². The largest absolute Gasteiger partial charge is 0.507 e. The average Bonchev–Trinajstić information content (AvgIpc) is 2.68. The number of ether oxygens (including phenoxy) is 2. The van der Waals surface area contributed by atoms with Crippen LogP contribution in [0, 0.1) is 12.8 Å². The summed E-state index contributed by atoms with van der Waals surface area (Å²) in [6.07, 6.45) is -5.25. The van der Waals surface area contributed by atoms with Gasteiger partial charge in [-0.3, -0.25) is 4.79 Å². The van der Waals surface area contributed by atoms with Crippen LogP contribution in [-0.4, -0.2) is 68.3 Å². The quantitative estimate of drug-likeness (QED) is 0.460. The van der Waals surface area contributed by atoms with Crippen LogP contribution in [0.4, 0.5) is 0 Å². The Hall–Kier alpha value is -2.17. The van der Waals surface area contributed by atoms with Crippen LogP contribution in [0.5, 0.6) is 11.5 Å². The molecule has 0 saturated heterocycles. The summed E-state index contributed by atoms with van der Waals surface area (Å²) in [6, 6.07) is 2.88. The molecule has 31 heavy (non-hydrogen) atoms. The van der Waals surface area contributed by atoms with E-state index < -0.39 is 42.0 Å². The van der Waals surface area contributed by atoms with Gasteiger partial charge in [-0.1, -0.05) is 0 Å². The molecule has 0 spiro atoms. The number of hydrogen-bond donors (Lipinski definition) is 5. The number of hydrogen-bond acceptors (Lipinski definition) is 9. The molecule has 6 atom stereocenters. The third kappa shape index (κ3) is 3.70. The van der Waals surface area contributed by atoms with E-state index in [9.17, 15) is 30.3 Å². The van der Waals surface area contributed by atoms with Gasteiger partial charge in [-0.15, -0.1) is 0 Å². The zero-order chi connectivity index (χ0) is 22.7. The standard InChI is InChI=1S/C22H28O9/c1-9-4-12(24)17-14(29-9)7-13-11(19(17)26)6-16(22(2,3)31-13)30-15-5-10(8-23)18(25)21(28)20(15)27/h4,7,10,15-16,18,20-21,23,25-28H,5-6,8H2,1-3H3/t10-,15-,16+,18-,20+,21+/m1/s1. The first kappa shape index (κ1) is 22.0. The van der Waals surface area contributed by atoms with Crippen molar-refractivity contribution in [3.8, 4) is 11.5 Å². The Morgan fingerprint density at radius 3 is 2.55 bits per heavy atom. The summed E-state index contributed by atoms with van der Waals surface area (Å²) in [7, 11) is 0. The van der Waals surface area contributed by atoms with Crippen molar-refractivity contribution in [2.75, 3.05) is 6.61 Å². The van der Waals surface area contributed by atoms with Gasteiger partial charge in [0.05, 0.1) is 12.2 Å². The zero-order valence-corrected chi connectivity index (χ0v) is 17.6. The normalized spacial score (nSPS) is 32.5. The molecule has 0 bridgehead atoms. The molecule has 1 aliphatic carbocycles. The number of aliphatic hydroxyl groups is 4. The van der Waals surface area contributed by atoms with Crippen molar-refractivity contribution < 1.29 is 39.4 Å². The molecular weight excluding hydrogens is 408 g/mol. The molecule has 4 rings (SSSR count). The maximum Gasteiger partial charge on any atom is 0.196 e. The Balaban J connectivity index is 1.68. The zero-order valence-electron chi connectivity index (χ0n) is 17.6. The number of rotatable bonds is 3. The van der Waals surface area contributed by atoms with Crippen LogP contribution in [0.25, 0.3) is 11.0 Å². The van der Waals surface area contributed by atoms with Crippen molar-refractivity contribution >= 4 is 11.0 Å². The maximum absolute atomic E-state index is 12.4. The summed E-state index contributed by atoms with van der Waals surface area (Å²) in [5.74, 6) is -0.0955. The summed E-state index contributed by atoms with van der Waals surface area (Å²) in [5, 5.41) is 51.0. The predicted octanol–water partition coefficient (Wildman–Crippen LogP) is 0.369. The van der Waals surface area contributed by atoms with Crippen LogP contribution >= 0.6 is 0 Å². The molecule has 1 aliphatic heterocycles. The summed E-state index contributed by atoms with van der Waals surface area (Å²) < 4.78 is 17.8. The van der Waals surface area contributed by atoms with Crippen molar-refractivity contribution in [2.24, 2.45) is 5.92 Å². The monoisotopic (exact) mass is 436 g/mol. The smallest absolute Gasteiger partial charge is 0.196 e. The summed E-state index contributed by atoms with van der Waals surface area (Å²) in [5.41, 5.74) is -0.640. The molecule has 0 radical (unpaired) electrons. The van der Waals surface area contributed by atoms with E-state index >= 15 is 0 Å². The fraction of sp³-hybridized carbons (Fsp3) is 0.591. The second kappa shape index (κ2) is 7.75. The molecule has 170 valence electrons. The van der Waals surface area contributed by atoms with Gasteiger partial charge in [0.2, 0.25) is 0 Å². The maximum atomic E-state index is 12.4. The van der Waals surface area contributed by atoms with Crippen LogP contribution in [-0.2, 0) is 11.2 Å². The number of aromatic hydroxyl groups is 1. The highest BCUT2D eigenvalue weighted by molar-refractivity contribution is 5.87. The van der Waals surface area contributed by atoms with Crippen LogP contribution in [0.1, 0.15) is 31.6 Å². The molecule has 2 aromatic rings. The lowest BCUT2D eigenvalue weighted by atomic mass is 9.80. The Labute approximate surface area is 178 Å². The molecule has 2 heterocycles. The van der Waals surface area contributed by atoms with Crippen molar-refractivity contribution in [1.82, 2.24) is 0 Å². The van der Waals surface area contributed by atoms with E-state index in [1.54, 1.807) is 26.8 Å². The minimum atomic E-state index is -1.46. The second-order valence-corrected chi connectivity index (χ2v) is 9.02. The van der Waals surface area contributed by atoms with E-state index in [1.807, 2.05) is 0 Å². The molecule has 5 N–H and O–H groups in total. The van der Waals surface area contributed by atoms with Crippen LogP contribution in [0.3, 0.4) is 0 Å². The lowest BCUT2D eigenvalue weighted by Gasteiger charge is -2.45. The Morgan fingerprint density at radius 2 is 1.87 bits per heavy atom. The van der Waals surface area contributed by atoms with Crippen LogP contribution in [0.2, 0.25) is 0 Å². The van der Waals surface area contributed by atoms with Crippen molar-refractivity contribution in [2.45, 2.75) is 69.7 Å². The molecule has 1 aromatic heterocycles. The van der Waals surface area contributed by atoms with Crippen LogP contribution in [0.15, 0.2) is 21.3 Å². The third-order valence-electron chi connectivity index (χ3n) is 6.39. The molecule has 2 aliphatic rings. The molecular formula is C22H28O9. The van der Waals surface area contributed by atoms with Gasteiger partial charge in [-0.05, 0) is 27.2 Å². The second-order valence-electron chi connectivity index (χ2n) is 9.02. The van der Waals surface area contributed by atoms with Crippen molar-refractivity contribution in [3.05, 3.63) is 33.7 Å². The van der Waals surface area contributed by atoms with Gasteiger partial charge in [0.1, 0.15) is 52.1 Å². The molecule has 0 unspecified atom stereocenters. The molecule has 1 saturated carbocycles.